The predicted molar refractivity (Wildman–Crippen MR) is 73.4 cm³/mol. The molecule has 0 unspecified atom stereocenters. The van der Waals surface area contributed by atoms with E-state index in [2.05, 4.69) is 15.9 Å². The number of rotatable bonds is 2. The maximum Gasteiger partial charge on any atom is 0.165 e. The third-order valence-corrected chi connectivity index (χ3v) is 3.92. The molecule has 17 heavy (non-hydrogen) atoms. The minimum atomic E-state index is -0.662. The van der Waals surface area contributed by atoms with Crippen LogP contribution in [0.1, 0.15) is 16.5 Å². The highest BCUT2D eigenvalue weighted by Gasteiger charge is 2.19. The molecule has 0 aliphatic rings. The van der Waals surface area contributed by atoms with Gasteiger partial charge in [0.05, 0.1) is 6.04 Å². The Kier molecular flexibility index (Phi) is 4.94. The number of aromatic hydroxyl groups is 1. The van der Waals surface area contributed by atoms with E-state index >= 15 is 0 Å². The van der Waals surface area contributed by atoms with Crippen molar-refractivity contribution in [1.82, 2.24) is 0 Å². The van der Waals surface area contributed by atoms with Gasteiger partial charge in [-0.05, 0) is 23.6 Å². The third-order valence-electron chi connectivity index (χ3n) is 2.28. The Balaban J connectivity index is 0.00000144. The van der Waals surface area contributed by atoms with Gasteiger partial charge in [0.1, 0.15) is 0 Å². The molecule has 1 atom stereocenters. The van der Waals surface area contributed by atoms with Gasteiger partial charge in [0, 0.05) is 14.9 Å². The van der Waals surface area contributed by atoms with E-state index in [0.29, 0.717) is 10.0 Å². The zero-order chi connectivity index (χ0) is 11.7. The summed E-state index contributed by atoms with van der Waals surface area (Å²) in [6.45, 7) is 0. The van der Waals surface area contributed by atoms with Crippen molar-refractivity contribution in [1.29, 1.82) is 0 Å². The van der Waals surface area contributed by atoms with Crippen LogP contribution in [0.15, 0.2) is 34.1 Å². The van der Waals surface area contributed by atoms with Gasteiger partial charge in [-0.15, -0.1) is 23.7 Å². The summed E-state index contributed by atoms with van der Waals surface area (Å²) >= 11 is 4.74. The molecule has 2 rings (SSSR count). The van der Waals surface area contributed by atoms with Crippen molar-refractivity contribution < 1.29 is 9.50 Å². The van der Waals surface area contributed by atoms with Crippen LogP contribution in [0.4, 0.5) is 4.39 Å². The lowest BCUT2D eigenvalue weighted by atomic mass is 10.0. The fraction of sp³-hybridized carbons (Fsp3) is 0.0909. The summed E-state index contributed by atoms with van der Waals surface area (Å²) in [6, 6.07) is 5.93. The molecule has 1 heterocycles. The number of benzene rings is 1. The van der Waals surface area contributed by atoms with Crippen LogP contribution in [0.5, 0.6) is 5.75 Å². The van der Waals surface area contributed by atoms with E-state index in [4.69, 9.17) is 5.73 Å². The number of halogens is 3. The number of hydrogen-bond acceptors (Lipinski definition) is 3. The highest BCUT2D eigenvalue weighted by atomic mass is 79.9. The molecular weight excluding hydrogens is 329 g/mol. The van der Waals surface area contributed by atoms with Gasteiger partial charge in [-0.1, -0.05) is 22.0 Å². The van der Waals surface area contributed by atoms with E-state index in [1.54, 1.807) is 0 Å². The van der Waals surface area contributed by atoms with Crippen molar-refractivity contribution >= 4 is 39.7 Å². The zero-order valence-corrected chi connectivity index (χ0v) is 11.8. The van der Waals surface area contributed by atoms with Crippen LogP contribution in [-0.4, -0.2) is 5.11 Å². The van der Waals surface area contributed by atoms with Crippen LogP contribution in [0, 0.1) is 5.82 Å². The summed E-state index contributed by atoms with van der Waals surface area (Å²) < 4.78 is 13.8. The van der Waals surface area contributed by atoms with Gasteiger partial charge < -0.3 is 10.8 Å². The van der Waals surface area contributed by atoms with Gasteiger partial charge in [-0.25, -0.2) is 4.39 Å². The number of thiophene rings is 1. The third kappa shape index (κ3) is 2.80. The molecule has 6 heteroatoms. The van der Waals surface area contributed by atoms with Gasteiger partial charge >= 0.3 is 0 Å². The summed E-state index contributed by atoms with van der Waals surface area (Å²) in [5, 5.41) is 11.6. The van der Waals surface area contributed by atoms with Crippen molar-refractivity contribution in [3.63, 3.8) is 0 Å². The first-order valence-corrected chi connectivity index (χ1v) is 6.24. The van der Waals surface area contributed by atoms with Gasteiger partial charge in [-0.3, -0.25) is 0 Å². The molecule has 0 aliphatic carbocycles. The first-order chi connectivity index (χ1) is 7.61. The van der Waals surface area contributed by atoms with Crippen LogP contribution in [0.2, 0.25) is 0 Å². The van der Waals surface area contributed by atoms with Gasteiger partial charge in [0.25, 0.3) is 0 Å². The molecule has 92 valence electrons. The molecule has 0 saturated carbocycles. The van der Waals surface area contributed by atoms with Crippen LogP contribution >= 0.6 is 39.7 Å². The molecule has 1 aromatic heterocycles. The molecule has 0 fully saturated rings. The molecule has 2 aromatic rings. The highest BCUT2D eigenvalue weighted by molar-refractivity contribution is 9.10. The normalized spacial score (nSPS) is 11.9. The topological polar surface area (TPSA) is 46.2 Å². The van der Waals surface area contributed by atoms with E-state index in [1.807, 2.05) is 17.5 Å². The second-order valence-electron chi connectivity index (χ2n) is 3.28. The quantitative estimate of drug-likeness (QED) is 0.874. The lowest BCUT2D eigenvalue weighted by Gasteiger charge is -2.14. The molecule has 0 bridgehead atoms. The second-order valence-corrected chi connectivity index (χ2v) is 5.12. The molecule has 0 saturated heterocycles. The standard InChI is InChI=1S/C11H9BrFNOS.ClH/c12-6-3-4-7(13)11(15)9(6)10(14)8-2-1-5-16-8;/h1-5,10,15H,14H2;1H/t10-;/m0./s1. The fourth-order valence-electron chi connectivity index (χ4n) is 1.46. The Hall–Kier alpha value is -0.620. The Morgan fingerprint density at radius 1 is 1.35 bits per heavy atom. The smallest absolute Gasteiger partial charge is 0.165 e. The lowest BCUT2D eigenvalue weighted by molar-refractivity contribution is 0.423. The fourth-order valence-corrected chi connectivity index (χ4v) is 2.77. The Labute approximate surface area is 117 Å². The SMILES string of the molecule is Cl.N[C@@H](c1cccs1)c1c(Br)ccc(F)c1O. The first-order valence-electron chi connectivity index (χ1n) is 4.57. The Morgan fingerprint density at radius 3 is 2.65 bits per heavy atom. The van der Waals surface area contributed by atoms with E-state index in [1.165, 1.54) is 23.5 Å². The Bertz CT molecular complexity index is 506. The van der Waals surface area contributed by atoms with E-state index in [9.17, 15) is 9.50 Å². The Morgan fingerprint density at radius 2 is 2.06 bits per heavy atom. The van der Waals surface area contributed by atoms with Crippen molar-refractivity contribution in [2.24, 2.45) is 5.73 Å². The molecule has 2 nitrogen and oxygen atoms in total. The van der Waals surface area contributed by atoms with Crippen molar-refractivity contribution in [2.75, 3.05) is 0 Å². The lowest BCUT2D eigenvalue weighted by Crippen LogP contribution is -2.11. The average molecular weight is 339 g/mol. The van der Waals surface area contributed by atoms with Crippen LogP contribution in [-0.2, 0) is 0 Å². The maximum absolute atomic E-state index is 13.2. The summed E-state index contributed by atoms with van der Waals surface area (Å²) in [7, 11) is 0. The predicted octanol–water partition coefficient (Wildman–Crippen LogP) is 3.83. The van der Waals surface area contributed by atoms with Crippen LogP contribution in [0.3, 0.4) is 0 Å². The summed E-state index contributed by atoms with van der Waals surface area (Å²) in [4.78, 5) is 0.876. The van der Waals surface area contributed by atoms with Crippen LogP contribution in [0.25, 0.3) is 0 Å². The monoisotopic (exact) mass is 337 g/mol. The zero-order valence-electron chi connectivity index (χ0n) is 8.56. The first kappa shape index (κ1) is 14.4. The molecule has 0 aliphatic heterocycles. The summed E-state index contributed by atoms with van der Waals surface area (Å²) in [5.41, 5.74) is 6.36. The summed E-state index contributed by atoms with van der Waals surface area (Å²) in [5.74, 6) is -1.06. The second kappa shape index (κ2) is 5.82. The largest absolute Gasteiger partial charge is 0.505 e. The molecule has 0 radical (unpaired) electrons. The van der Waals surface area contributed by atoms with E-state index in [-0.39, 0.29) is 12.4 Å². The number of phenolic OH excluding ortho intramolecular Hbond substituents is 1. The highest BCUT2D eigenvalue weighted by Crippen LogP contribution is 2.36. The van der Waals surface area contributed by atoms with Crippen molar-refractivity contribution in [2.45, 2.75) is 6.04 Å². The van der Waals surface area contributed by atoms with Gasteiger partial charge in [0.15, 0.2) is 11.6 Å². The summed E-state index contributed by atoms with van der Waals surface area (Å²) in [6.07, 6.45) is 0. The van der Waals surface area contributed by atoms with E-state index < -0.39 is 17.6 Å². The molecule has 3 N–H and O–H groups in total. The minimum Gasteiger partial charge on any atom is -0.505 e. The van der Waals surface area contributed by atoms with E-state index in [0.717, 1.165) is 4.88 Å². The number of nitrogens with two attached hydrogens (primary N) is 1. The van der Waals surface area contributed by atoms with Crippen molar-refractivity contribution in [3.8, 4) is 5.75 Å². The molecule has 1 aromatic carbocycles. The molecular formula is C11H10BrClFNOS. The average Bonchev–Trinajstić information content (AvgIpc) is 2.77. The molecule has 0 spiro atoms. The molecule has 0 amide bonds. The maximum atomic E-state index is 13.2. The number of phenols is 1. The van der Waals surface area contributed by atoms with Gasteiger partial charge in [-0.2, -0.15) is 0 Å². The number of hydrogen-bond donors (Lipinski definition) is 2. The van der Waals surface area contributed by atoms with Crippen molar-refractivity contribution in [3.05, 3.63) is 50.4 Å². The van der Waals surface area contributed by atoms with Crippen LogP contribution < -0.4 is 5.73 Å². The minimum absolute atomic E-state index is 0. The van der Waals surface area contributed by atoms with Gasteiger partial charge in [0.2, 0.25) is 0 Å².